The second-order valence-corrected chi connectivity index (χ2v) is 4.14. The van der Waals surface area contributed by atoms with Gasteiger partial charge in [-0.05, 0) is 39.7 Å². The molecule has 94 valence electrons. The van der Waals surface area contributed by atoms with E-state index in [-0.39, 0.29) is 5.60 Å². The molecule has 0 aliphatic rings. The number of ether oxygens (including phenoxy) is 1. The lowest BCUT2D eigenvalue weighted by Gasteiger charge is -2.39. The van der Waals surface area contributed by atoms with E-state index < -0.39 is 0 Å². The standard InChI is InChI=1S/C14H27NO/c1-6-10-11-12-13(15-5)14(7-2,8-3)16-9-4/h1,13,15H,7-12H2,2-5H3. The summed E-state index contributed by atoms with van der Waals surface area (Å²) < 4.78 is 6.00. The lowest BCUT2D eigenvalue weighted by Crippen LogP contribution is -2.50. The lowest BCUT2D eigenvalue weighted by molar-refractivity contribution is -0.0724. The normalized spacial score (nSPS) is 13.4. The van der Waals surface area contributed by atoms with Gasteiger partial charge in [0.15, 0.2) is 0 Å². The molecule has 2 heteroatoms. The van der Waals surface area contributed by atoms with Gasteiger partial charge in [0.2, 0.25) is 0 Å². The molecule has 1 N–H and O–H groups in total. The van der Waals surface area contributed by atoms with Crippen LogP contribution in [0.5, 0.6) is 0 Å². The van der Waals surface area contributed by atoms with Crippen molar-refractivity contribution in [2.45, 2.75) is 64.5 Å². The van der Waals surface area contributed by atoms with Crippen molar-refractivity contribution >= 4 is 0 Å². The third-order valence-electron chi connectivity index (χ3n) is 3.43. The molecule has 0 aromatic heterocycles. The summed E-state index contributed by atoms with van der Waals surface area (Å²) in [5.41, 5.74) is -0.0297. The second-order valence-electron chi connectivity index (χ2n) is 4.14. The summed E-state index contributed by atoms with van der Waals surface area (Å²) in [5, 5.41) is 3.39. The van der Waals surface area contributed by atoms with Crippen molar-refractivity contribution in [1.82, 2.24) is 5.32 Å². The third kappa shape index (κ3) is 4.15. The minimum absolute atomic E-state index is 0.0297. The van der Waals surface area contributed by atoms with E-state index in [0.717, 1.165) is 38.7 Å². The Kier molecular flexibility index (Phi) is 8.33. The zero-order valence-corrected chi connectivity index (χ0v) is 11.3. The average molecular weight is 225 g/mol. The van der Waals surface area contributed by atoms with Gasteiger partial charge in [-0.2, -0.15) is 0 Å². The summed E-state index contributed by atoms with van der Waals surface area (Å²) in [7, 11) is 2.01. The van der Waals surface area contributed by atoms with Gasteiger partial charge >= 0.3 is 0 Å². The molecule has 0 heterocycles. The summed E-state index contributed by atoms with van der Waals surface area (Å²) in [6.07, 6.45) is 10.4. The van der Waals surface area contributed by atoms with Crippen LogP contribution in [0.3, 0.4) is 0 Å². The molecule has 0 aromatic carbocycles. The molecular weight excluding hydrogens is 198 g/mol. The molecule has 0 aliphatic carbocycles. The molecule has 0 aliphatic heterocycles. The fourth-order valence-electron chi connectivity index (χ4n) is 2.41. The number of terminal acetylenes is 1. The van der Waals surface area contributed by atoms with Crippen molar-refractivity contribution in [3.05, 3.63) is 0 Å². The first-order valence-electron chi connectivity index (χ1n) is 6.45. The van der Waals surface area contributed by atoms with Crippen molar-refractivity contribution in [3.63, 3.8) is 0 Å². The fourth-order valence-corrected chi connectivity index (χ4v) is 2.41. The van der Waals surface area contributed by atoms with E-state index in [0.29, 0.717) is 6.04 Å². The highest BCUT2D eigenvalue weighted by atomic mass is 16.5. The van der Waals surface area contributed by atoms with Gasteiger partial charge in [-0.1, -0.05) is 13.8 Å². The van der Waals surface area contributed by atoms with Crippen molar-refractivity contribution < 1.29 is 4.74 Å². The Hall–Kier alpha value is -0.520. The number of likely N-dealkylation sites (N-methyl/N-ethyl adjacent to an activating group) is 1. The first-order valence-corrected chi connectivity index (χ1v) is 6.45. The third-order valence-corrected chi connectivity index (χ3v) is 3.43. The Morgan fingerprint density at radius 3 is 2.31 bits per heavy atom. The van der Waals surface area contributed by atoms with E-state index >= 15 is 0 Å². The Morgan fingerprint density at radius 1 is 1.31 bits per heavy atom. The number of hydrogen-bond acceptors (Lipinski definition) is 2. The van der Waals surface area contributed by atoms with Crippen LogP contribution in [-0.2, 0) is 4.74 Å². The van der Waals surface area contributed by atoms with Crippen molar-refractivity contribution in [1.29, 1.82) is 0 Å². The molecule has 0 bridgehead atoms. The Bertz CT molecular complexity index is 203. The second kappa shape index (κ2) is 8.61. The summed E-state index contributed by atoms with van der Waals surface area (Å²) in [6, 6.07) is 0.399. The molecule has 0 saturated carbocycles. The number of rotatable bonds is 9. The SMILES string of the molecule is C#CCCCC(NC)C(CC)(CC)OCC. The predicted molar refractivity (Wildman–Crippen MR) is 70.5 cm³/mol. The van der Waals surface area contributed by atoms with Gasteiger partial charge in [0, 0.05) is 19.1 Å². The molecule has 2 nitrogen and oxygen atoms in total. The van der Waals surface area contributed by atoms with Crippen molar-refractivity contribution in [2.24, 2.45) is 0 Å². The highest BCUT2D eigenvalue weighted by Crippen LogP contribution is 2.27. The fraction of sp³-hybridized carbons (Fsp3) is 0.857. The summed E-state index contributed by atoms with van der Waals surface area (Å²) in [6.45, 7) is 7.23. The molecule has 0 amide bonds. The maximum absolute atomic E-state index is 6.00. The molecule has 1 unspecified atom stereocenters. The van der Waals surface area contributed by atoms with Crippen LogP contribution in [0.15, 0.2) is 0 Å². The predicted octanol–water partition coefficient (Wildman–Crippen LogP) is 2.97. The van der Waals surface area contributed by atoms with E-state index in [1.807, 2.05) is 7.05 Å². The molecule has 0 rings (SSSR count). The monoisotopic (exact) mass is 225 g/mol. The minimum atomic E-state index is -0.0297. The van der Waals surface area contributed by atoms with Crippen LogP contribution in [0.4, 0.5) is 0 Å². The molecule has 0 aromatic rings. The molecule has 0 radical (unpaired) electrons. The van der Waals surface area contributed by atoms with Crippen LogP contribution in [0.25, 0.3) is 0 Å². The topological polar surface area (TPSA) is 21.3 Å². The molecular formula is C14H27NO. The molecule has 0 spiro atoms. The zero-order valence-electron chi connectivity index (χ0n) is 11.3. The maximum atomic E-state index is 6.00. The van der Waals surface area contributed by atoms with E-state index in [2.05, 4.69) is 32.0 Å². The highest BCUT2D eigenvalue weighted by molar-refractivity contribution is 4.92. The smallest absolute Gasteiger partial charge is 0.0829 e. The van der Waals surface area contributed by atoms with Gasteiger partial charge in [0.1, 0.15) is 0 Å². The van der Waals surface area contributed by atoms with E-state index in [4.69, 9.17) is 11.2 Å². The first kappa shape index (κ1) is 15.5. The van der Waals surface area contributed by atoms with Crippen LogP contribution in [0.2, 0.25) is 0 Å². The van der Waals surface area contributed by atoms with Crippen LogP contribution in [-0.4, -0.2) is 25.3 Å². The van der Waals surface area contributed by atoms with Crippen molar-refractivity contribution in [2.75, 3.05) is 13.7 Å². The lowest BCUT2D eigenvalue weighted by atomic mass is 9.85. The van der Waals surface area contributed by atoms with Crippen LogP contribution in [0, 0.1) is 12.3 Å². The molecule has 0 fully saturated rings. The van der Waals surface area contributed by atoms with E-state index in [1.54, 1.807) is 0 Å². The van der Waals surface area contributed by atoms with Gasteiger partial charge < -0.3 is 10.1 Å². The van der Waals surface area contributed by atoms with Gasteiger partial charge in [-0.3, -0.25) is 0 Å². The molecule has 1 atom stereocenters. The average Bonchev–Trinajstić information content (AvgIpc) is 2.32. The van der Waals surface area contributed by atoms with Crippen LogP contribution >= 0.6 is 0 Å². The molecule has 16 heavy (non-hydrogen) atoms. The van der Waals surface area contributed by atoms with Gasteiger partial charge in [-0.15, -0.1) is 12.3 Å². The van der Waals surface area contributed by atoms with Crippen LogP contribution in [0.1, 0.15) is 52.9 Å². The summed E-state index contributed by atoms with van der Waals surface area (Å²) in [5.74, 6) is 2.70. The highest BCUT2D eigenvalue weighted by Gasteiger charge is 2.34. The Labute approximate surface area is 101 Å². The zero-order chi connectivity index (χ0) is 12.4. The van der Waals surface area contributed by atoms with Crippen LogP contribution < -0.4 is 5.32 Å². The number of nitrogens with one attached hydrogen (secondary N) is 1. The Balaban J connectivity index is 4.50. The quantitative estimate of drug-likeness (QED) is 0.481. The minimum Gasteiger partial charge on any atom is -0.374 e. The van der Waals surface area contributed by atoms with Crippen molar-refractivity contribution in [3.8, 4) is 12.3 Å². The summed E-state index contributed by atoms with van der Waals surface area (Å²) >= 11 is 0. The van der Waals surface area contributed by atoms with Gasteiger partial charge in [0.25, 0.3) is 0 Å². The van der Waals surface area contributed by atoms with E-state index in [9.17, 15) is 0 Å². The Morgan fingerprint density at radius 2 is 1.94 bits per heavy atom. The first-order chi connectivity index (χ1) is 7.70. The molecule has 0 saturated heterocycles. The number of hydrogen-bond donors (Lipinski definition) is 1. The van der Waals surface area contributed by atoms with E-state index in [1.165, 1.54) is 0 Å². The van der Waals surface area contributed by atoms with Gasteiger partial charge in [-0.25, -0.2) is 0 Å². The largest absolute Gasteiger partial charge is 0.374 e. The number of unbranched alkanes of at least 4 members (excludes halogenated alkanes) is 1. The maximum Gasteiger partial charge on any atom is 0.0829 e. The van der Waals surface area contributed by atoms with Gasteiger partial charge in [0.05, 0.1) is 5.60 Å². The summed E-state index contributed by atoms with van der Waals surface area (Å²) in [4.78, 5) is 0.